The molecule has 4 heterocycles. The molecule has 4 aromatic rings. The number of piperazine rings is 1. The average Bonchev–Trinajstić information content (AvgIpc) is 3.64. The summed E-state index contributed by atoms with van der Waals surface area (Å²) in [5.41, 5.74) is 1.01. The number of amides is 1. The van der Waals surface area contributed by atoms with E-state index in [0.29, 0.717) is 34.0 Å². The van der Waals surface area contributed by atoms with Crippen molar-refractivity contribution in [3.8, 4) is 23.2 Å². The summed E-state index contributed by atoms with van der Waals surface area (Å²) in [6.45, 7) is 6.24. The quantitative estimate of drug-likeness (QED) is 0.208. The van der Waals surface area contributed by atoms with Gasteiger partial charge in [-0.2, -0.15) is 15.2 Å². The van der Waals surface area contributed by atoms with Crippen molar-refractivity contribution in [3.63, 3.8) is 0 Å². The van der Waals surface area contributed by atoms with E-state index in [1.807, 2.05) is 35.2 Å². The largest absolute Gasteiger partial charge is 0.461 e. The van der Waals surface area contributed by atoms with Gasteiger partial charge in [-0.15, -0.1) is 0 Å². The lowest BCUT2D eigenvalue weighted by atomic mass is 9.95. The van der Waals surface area contributed by atoms with Crippen LogP contribution in [-0.4, -0.2) is 76.6 Å². The van der Waals surface area contributed by atoms with Gasteiger partial charge < -0.3 is 14.5 Å². The molecule has 1 amide bonds. The summed E-state index contributed by atoms with van der Waals surface area (Å²) >= 11 is 6.62. The Morgan fingerprint density at radius 2 is 1.83 bits per heavy atom. The molecule has 3 aromatic carbocycles. The number of aromatic nitrogens is 2. The Morgan fingerprint density at radius 3 is 2.57 bits per heavy atom. The molecule has 3 saturated heterocycles. The zero-order valence-electron chi connectivity index (χ0n) is 25.3. The Labute approximate surface area is 270 Å². The van der Waals surface area contributed by atoms with Crippen molar-refractivity contribution in [2.75, 3.05) is 44.2 Å². The second-order valence-electron chi connectivity index (χ2n) is 12.4. The van der Waals surface area contributed by atoms with Gasteiger partial charge in [0.2, 0.25) is 0 Å². The molecule has 1 aromatic heterocycles. The van der Waals surface area contributed by atoms with Gasteiger partial charge in [0.25, 0.3) is 5.91 Å². The van der Waals surface area contributed by atoms with Gasteiger partial charge in [0, 0.05) is 41.0 Å². The SMILES string of the molecule is C=C(F)C(=O)N1CCN(c2nc(OCC34CCCN3CCC4)nc3c(F)c(-c4cccc5cccc(Cl)c45)ccc23)C[C@@H]1CC#N. The predicted octanol–water partition coefficient (Wildman–Crippen LogP) is 6.66. The first-order valence-corrected chi connectivity index (χ1v) is 16.0. The Hall–Kier alpha value is -4.33. The monoisotopic (exact) mass is 642 g/mol. The summed E-state index contributed by atoms with van der Waals surface area (Å²) in [5.74, 6) is -2.01. The predicted molar refractivity (Wildman–Crippen MR) is 174 cm³/mol. The van der Waals surface area contributed by atoms with Gasteiger partial charge in [0.15, 0.2) is 11.6 Å². The number of benzene rings is 3. The first kappa shape index (κ1) is 30.3. The molecular formula is C35H33ClF2N6O2. The molecule has 0 spiro atoms. The van der Waals surface area contributed by atoms with Crippen molar-refractivity contribution < 1.29 is 18.3 Å². The Balaban J connectivity index is 1.33. The van der Waals surface area contributed by atoms with Gasteiger partial charge in [-0.25, -0.2) is 8.78 Å². The van der Waals surface area contributed by atoms with Gasteiger partial charge >= 0.3 is 6.01 Å². The molecule has 8 nitrogen and oxygen atoms in total. The van der Waals surface area contributed by atoms with Crippen LogP contribution in [0.3, 0.4) is 0 Å². The maximum atomic E-state index is 16.8. The van der Waals surface area contributed by atoms with Crippen LogP contribution in [0.2, 0.25) is 5.02 Å². The molecule has 11 heteroatoms. The second kappa shape index (κ2) is 12.1. The summed E-state index contributed by atoms with van der Waals surface area (Å²) in [6, 6.07) is 16.3. The van der Waals surface area contributed by atoms with E-state index in [1.165, 1.54) is 4.90 Å². The first-order valence-electron chi connectivity index (χ1n) is 15.6. The van der Waals surface area contributed by atoms with Crippen LogP contribution in [-0.2, 0) is 4.79 Å². The van der Waals surface area contributed by atoms with Crippen LogP contribution in [0.15, 0.2) is 60.9 Å². The fourth-order valence-corrected chi connectivity index (χ4v) is 7.85. The molecule has 0 radical (unpaired) electrons. The number of nitriles is 1. The average molecular weight is 643 g/mol. The molecule has 0 bridgehead atoms. The summed E-state index contributed by atoms with van der Waals surface area (Å²) in [4.78, 5) is 27.7. The van der Waals surface area contributed by atoms with Crippen LogP contribution in [0, 0.1) is 17.1 Å². The zero-order chi connectivity index (χ0) is 32.0. The zero-order valence-corrected chi connectivity index (χ0v) is 26.1. The minimum absolute atomic E-state index is 0.0133. The van der Waals surface area contributed by atoms with E-state index in [0.717, 1.165) is 49.5 Å². The Bertz CT molecular complexity index is 1900. The van der Waals surface area contributed by atoms with E-state index in [-0.39, 0.29) is 43.1 Å². The molecule has 7 rings (SSSR count). The van der Waals surface area contributed by atoms with Crippen molar-refractivity contribution in [2.24, 2.45) is 0 Å². The van der Waals surface area contributed by atoms with Crippen LogP contribution < -0.4 is 9.64 Å². The van der Waals surface area contributed by atoms with Crippen molar-refractivity contribution in [2.45, 2.75) is 43.7 Å². The Morgan fingerprint density at radius 1 is 1.07 bits per heavy atom. The topological polar surface area (TPSA) is 85.6 Å². The van der Waals surface area contributed by atoms with E-state index in [4.69, 9.17) is 21.3 Å². The number of carbonyl (C=O) groups excluding carboxylic acids is 1. The lowest BCUT2D eigenvalue weighted by molar-refractivity contribution is -0.131. The van der Waals surface area contributed by atoms with E-state index in [2.05, 4.69) is 22.5 Å². The van der Waals surface area contributed by atoms with E-state index >= 15 is 4.39 Å². The summed E-state index contributed by atoms with van der Waals surface area (Å²) < 4.78 is 37.0. The molecule has 0 saturated carbocycles. The summed E-state index contributed by atoms with van der Waals surface area (Å²) in [7, 11) is 0. The number of rotatable bonds is 7. The maximum absolute atomic E-state index is 16.8. The van der Waals surface area contributed by atoms with Crippen molar-refractivity contribution in [1.82, 2.24) is 19.8 Å². The van der Waals surface area contributed by atoms with Gasteiger partial charge in [0.05, 0.1) is 24.1 Å². The number of hydrogen-bond donors (Lipinski definition) is 0. The third kappa shape index (κ3) is 5.21. The third-order valence-electron chi connectivity index (χ3n) is 9.79. The van der Waals surface area contributed by atoms with Crippen molar-refractivity contribution >= 4 is 45.0 Å². The molecule has 3 aliphatic heterocycles. The summed E-state index contributed by atoms with van der Waals surface area (Å²) in [6.07, 6.45) is 4.25. The number of halogens is 3. The third-order valence-corrected chi connectivity index (χ3v) is 10.1. The molecule has 46 heavy (non-hydrogen) atoms. The molecule has 236 valence electrons. The van der Waals surface area contributed by atoms with E-state index in [9.17, 15) is 14.4 Å². The molecule has 0 N–H and O–H groups in total. The van der Waals surface area contributed by atoms with Gasteiger partial charge in [-0.3, -0.25) is 9.69 Å². The van der Waals surface area contributed by atoms with Crippen LogP contribution in [0.4, 0.5) is 14.6 Å². The van der Waals surface area contributed by atoms with E-state index < -0.39 is 23.6 Å². The normalized spacial score (nSPS) is 19.4. The van der Waals surface area contributed by atoms with Gasteiger partial charge in [-0.05, 0) is 61.9 Å². The number of ether oxygens (including phenoxy) is 1. The highest BCUT2D eigenvalue weighted by Crippen LogP contribution is 2.41. The fraction of sp³-hybridized carbons (Fsp3) is 0.371. The molecule has 0 aliphatic carbocycles. The summed E-state index contributed by atoms with van der Waals surface area (Å²) in [5, 5.41) is 12.1. The number of carbonyl (C=O) groups is 1. The highest BCUT2D eigenvalue weighted by atomic mass is 35.5. The van der Waals surface area contributed by atoms with Crippen molar-refractivity contribution in [1.29, 1.82) is 5.26 Å². The standard InChI is InChI=1S/C35H33ClF2N6O2/c1-22(37)33(45)44-19-18-42(20-24(44)12-15-39)32-27-11-10-26(25-8-2-6-23-7-3-9-28(36)29(23)25)30(38)31(27)40-34(41-32)46-21-35-13-4-16-43(35)17-5-14-35/h2-3,6-11,24H,1,4-5,12-14,16-21H2/t24-/m0/s1. The second-order valence-corrected chi connectivity index (χ2v) is 12.8. The van der Waals surface area contributed by atoms with Crippen molar-refractivity contribution in [3.05, 3.63) is 71.8 Å². The van der Waals surface area contributed by atoms with Crippen LogP contribution in [0.5, 0.6) is 6.01 Å². The molecular weight excluding hydrogens is 610 g/mol. The maximum Gasteiger partial charge on any atom is 0.319 e. The minimum atomic E-state index is -1.07. The number of hydrogen-bond acceptors (Lipinski definition) is 7. The first-order chi connectivity index (χ1) is 22.3. The lowest BCUT2D eigenvalue weighted by Gasteiger charge is -2.41. The van der Waals surface area contributed by atoms with Gasteiger partial charge in [-0.1, -0.05) is 54.6 Å². The van der Waals surface area contributed by atoms with E-state index in [1.54, 1.807) is 18.2 Å². The minimum Gasteiger partial charge on any atom is -0.461 e. The highest BCUT2D eigenvalue weighted by Gasteiger charge is 2.45. The highest BCUT2D eigenvalue weighted by molar-refractivity contribution is 6.36. The van der Waals surface area contributed by atoms with Gasteiger partial charge in [0.1, 0.15) is 17.9 Å². The molecule has 0 unspecified atom stereocenters. The molecule has 1 atom stereocenters. The molecule has 3 fully saturated rings. The number of anilines is 1. The van der Waals surface area contributed by atoms with Crippen LogP contribution in [0.25, 0.3) is 32.8 Å². The smallest absolute Gasteiger partial charge is 0.319 e. The molecule has 3 aliphatic rings. The fourth-order valence-electron chi connectivity index (χ4n) is 7.57. The Kier molecular flexibility index (Phi) is 7.99. The van der Waals surface area contributed by atoms with Crippen LogP contribution >= 0.6 is 11.6 Å². The lowest BCUT2D eigenvalue weighted by Crippen LogP contribution is -2.55. The number of nitrogens with zero attached hydrogens (tertiary/aromatic N) is 6. The van der Waals surface area contributed by atoms with Crippen LogP contribution in [0.1, 0.15) is 32.1 Å². The number of fused-ring (bicyclic) bond motifs is 3.